The number of nitrogens with zero attached hydrogens (tertiary/aromatic N) is 3. The molecule has 136 valence electrons. The van der Waals surface area contributed by atoms with Crippen molar-refractivity contribution in [1.29, 1.82) is 5.26 Å². The van der Waals surface area contributed by atoms with E-state index in [1.807, 2.05) is 30.5 Å². The predicted octanol–water partition coefficient (Wildman–Crippen LogP) is 2.83. The van der Waals surface area contributed by atoms with Crippen LogP contribution in [0.3, 0.4) is 0 Å². The van der Waals surface area contributed by atoms with E-state index in [-0.39, 0.29) is 5.91 Å². The summed E-state index contributed by atoms with van der Waals surface area (Å²) in [7, 11) is 0. The van der Waals surface area contributed by atoms with E-state index < -0.39 is 0 Å². The van der Waals surface area contributed by atoms with Crippen LogP contribution in [0.1, 0.15) is 34.5 Å². The molecule has 0 spiro atoms. The Morgan fingerprint density at radius 1 is 1.33 bits per heavy atom. The number of nitrogens with one attached hydrogen (secondary N) is 2. The minimum Gasteiger partial charge on any atom is -0.359 e. The van der Waals surface area contributed by atoms with E-state index in [1.165, 1.54) is 0 Å². The second kappa shape index (κ2) is 7.60. The molecule has 0 aliphatic carbocycles. The van der Waals surface area contributed by atoms with Gasteiger partial charge in [-0.1, -0.05) is 18.2 Å². The highest BCUT2D eigenvalue weighted by molar-refractivity contribution is 6.07. The van der Waals surface area contributed by atoms with Gasteiger partial charge in [-0.15, -0.1) is 0 Å². The molecule has 2 N–H and O–H groups in total. The van der Waals surface area contributed by atoms with Gasteiger partial charge in [0.1, 0.15) is 6.07 Å². The number of fused-ring (bicyclic) bond motifs is 1. The maximum Gasteiger partial charge on any atom is 0.253 e. The van der Waals surface area contributed by atoms with Crippen LogP contribution < -0.4 is 5.32 Å². The maximum atomic E-state index is 12.7. The highest BCUT2D eigenvalue weighted by atomic mass is 16.1. The maximum absolute atomic E-state index is 12.7. The van der Waals surface area contributed by atoms with Crippen molar-refractivity contribution in [2.45, 2.75) is 25.4 Å². The Bertz CT molecular complexity index is 989. The molecule has 1 fully saturated rings. The Balaban J connectivity index is 1.42. The molecule has 1 amide bonds. The zero-order valence-electron chi connectivity index (χ0n) is 15.0. The lowest BCUT2D eigenvalue weighted by Gasteiger charge is -2.24. The van der Waals surface area contributed by atoms with Crippen molar-refractivity contribution in [3.05, 3.63) is 65.6 Å². The van der Waals surface area contributed by atoms with Crippen LogP contribution in [0.2, 0.25) is 0 Å². The van der Waals surface area contributed by atoms with E-state index in [2.05, 4.69) is 26.3 Å². The molecule has 0 radical (unpaired) electrons. The van der Waals surface area contributed by atoms with Gasteiger partial charge in [-0.2, -0.15) is 5.26 Å². The summed E-state index contributed by atoms with van der Waals surface area (Å²) in [5.74, 6) is -0.110. The van der Waals surface area contributed by atoms with Crippen LogP contribution in [0.25, 0.3) is 10.9 Å². The number of aromatic nitrogens is 2. The molecule has 6 heteroatoms. The lowest BCUT2D eigenvalue weighted by atomic mass is 10.1. The Labute approximate surface area is 157 Å². The number of rotatable bonds is 5. The summed E-state index contributed by atoms with van der Waals surface area (Å²) >= 11 is 0. The van der Waals surface area contributed by atoms with Crippen molar-refractivity contribution in [3.8, 4) is 6.07 Å². The van der Waals surface area contributed by atoms with Gasteiger partial charge in [0, 0.05) is 36.9 Å². The quantitative estimate of drug-likeness (QED) is 0.734. The van der Waals surface area contributed by atoms with Crippen molar-refractivity contribution in [2.75, 3.05) is 13.1 Å². The molecule has 1 saturated heterocycles. The average Bonchev–Trinajstić information content (AvgIpc) is 3.33. The van der Waals surface area contributed by atoms with Gasteiger partial charge < -0.3 is 10.3 Å². The smallest absolute Gasteiger partial charge is 0.253 e. The van der Waals surface area contributed by atoms with E-state index in [4.69, 9.17) is 0 Å². The third-order valence-electron chi connectivity index (χ3n) is 5.17. The molecule has 1 aliphatic heterocycles. The average molecular weight is 359 g/mol. The molecule has 1 aliphatic rings. The van der Waals surface area contributed by atoms with E-state index in [0.717, 1.165) is 37.0 Å². The van der Waals surface area contributed by atoms with Gasteiger partial charge in [-0.05, 0) is 37.6 Å². The molecule has 0 saturated carbocycles. The fourth-order valence-corrected chi connectivity index (χ4v) is 3.78. The van der Waals surface area contributed by atoms with Gasteiger partial charge in [0.25, 0.3) is 5.91 Å². The first-order chi connectivity index (χ1) is 13.3. The number of para-hydroxylation sites is 1. The number of amides is 1. The van der Waals surface area contributed by atoms with Crippen LogP contribution in [0.15, 0.2) is 48.8 Å². The lowest BCUT2D eigenvalue weighted by Crippen LogP contribution is -2.39. The van der Waals surface area contributed by atoms with E-state index in [9.17, 15) is 10.1 Å². The van der Waals surface area contributed by atoms with Crippen LogP contribution in [0, 0.1) is 11.3 Å². The van der Waals surface area contributed by atoms with Crippen LogP contribution in [0.4, 0.5) is 0 Å². The van der Waals surface area contributed by atoms with Crippen molar-refractivity contribution in [1.82, 2.24) is 20.2 Å². The molecule has 1 atom stereocenters. The zero-order chi connectivity index (χ0) is 18.6. The number of H-pyrrole nitrogens is 1. The highest BCUT2D eigenvalue weighted by Crippen LogP contribution is 2.22. The first kappa shape index (κ1) is 17.3. The molecule has 4 rings (SSSR count). The first-order valence-corrected chi connectivity index (χ1v) is 9.18. The third kappa shape index (κ3) is 3.55. The number of hydrogen-bond acceptors (Lipinski definition) is 4. The molecule has 1 unspecified atom stereocenters. The fourth-order valence-electron chi connectivity index (χ4n) is 3.78. The second-order valence-corrected chi connectivity index (χ2v) is 6.84. The van der Waals surface area contributed by atoms with Crippen molar-refractivity contribution in [2.24, 2.45) is 0 Å². The number of carbonyl (C=O) groups excluding carboxylic acids is 1. The molecule has 1 aromatic carbocycles. The van der Waals surface area contributed by atoms with Gasteiger partial charge >= 0.3 is 0 Å². The van der Waals surface area contributed by atoms with Gasteiger partial charge in [0.2, 0.25) is 0 Å². The third-order valence-corrected chi connectivity index (χ3v) is 5.17. The monoisotopic (exact) mass is 359 g/mol. The lowest BCUT2D eigenvalue weighted by molar-refractivity contribution is 0.0941. The van der Waals surface area contributed by atoms with E-state index in [0.29, 0.717) is 29.2 Å². The summed E-state index contributed by atoms with van der Waals surface area (Å²) in [6.45, 7) is 2.44. The summed E-state index contributed by atoms with van der Waals surface area (Å²) < 4.78 is 0. The molecule has 2 aromatic heterocycles. The molecule has 3 heterocycles. The van der Waals surface area contributed by atoms with Crippen LogP contribution in [-0.2, 0) is 6.54 Å². The Morgan fingerprint density at radius 2 is 2.26 bits per heavy atom. The summed E-state index contributed by atoms with van der Waals surface area (Å²) in [4.78, 5) is 22.5. The second-order valence-electron chi connectivity index (χ2n) is 6.84. The SMILES string of the molecule is N#Cc1cccc2c(C(=O)NCC3CCCN3Cc3ccccn3)c[nH]c12. The Hall–Kier alpha value is -3.17. The number of likely N-dealkylation sites (tertiary alicyclic amines) is 1. The topological polar surface area (TPSA) is 84.8 Å². The Morgan fingerprint density at radius 3 is 3.07 bits per heavy atom. The van der Waals surface area contributed by atoms with E-state index in [1.54, 1.807) is 18.3 Å². The number of benzene rings is 1. The van der Waals surface area contributed by atoms with Gasteiger partial charge in [0.15, 0.2) is 0 Å². The van der Waals surface area contributed by atoms with Crippen molar-refractivity contribution in [3.63, 3.8) is 0 Å². The number of carbonyl (C=O) groups is 1. The number of nitriles is 1. The normalized spacial score (nSPS) is 17.1. The van der Waals surface area contributed by atoms with Gasteiger partial charge in [-0.3, -0.25) is 14.7 Å². The van der Waals surface area contributed by atoms with Gasteiger partial charge in [0.05, 0.1) is 22.3 Å². The molecular weight excluding hydrogens is 338 g/mol. The van der Waals surface area contributed by atoms with Crippen LogP contribution in [0.5, 0.6) is 0 Å². The van der Waals surface area contributed by atoms with Crippen molar-refractivity contribution < 1.29 is 4.79 Å². The standard InChI is InChI=1S/C21H21N5O/c22-11-15-5-3-8-18-19(13-24-20(15)18)21(27)25-12-17-7-4-10-26(17)14-16-6-1-2-9-23-16/h1-3,5-6,8-9,13,17,24H,4,7,10,12,14H2,(H,25,27). The number of hydrogen-bond donors (Lipinski definition) is 2. The molecule has 3 aromatic rings. The number of pyridine rings is 1. The van der Waals surface area contributed by atoms with Crippen LogP contribution in [-0.4, -0.2) is 39.9 Å². The minimum atomic E-state index is -0.110. The molecule has 6 nitrogen and oxygen atoms in total. The largest absolute Gasteiger partial charge is 0.359 e. The van der Waals surface area contributed by atoms with Gasteiger partial charge in [-0.25, -0.2) is 0 Å². The minimum absolute atomic E-state index is 0.110. The summed E-state index contributed by atoms with van der Waals surface area (Å²) in [6.07, 6.45) is 5.70. The van der Waals surface area contributed by atoms with E-state index >= 15 is 0 Å². The molecule has 0 bridgehead atoms. The first-order valence-electron chi connectivity index (χ1n) is 9.18. The highest BCUT2D eigenvalue weighted by Gasteiger charge is 2.25. The number of aromatic amines is 1. The summed E-state index contributed by atoms with van der Waals surface area (Å²) in [5, 5.41) is 13.0. The predicted molar refractivity (Wildman–Crippen MR) is 103 cm³/mol. The fraction of sp³-hybridized carbons (Fsp3) is 0.286. The summed E-state index contributed by atoms with van der Waals surface area (Å²) in [5.41, 5.74) is 2.89. The molecular formula is C21H21N5O. The zero-order valence-corrected chi connectivity index (χ0v) is 15.0. The summed E-state index contributed by atoms with van der Waals surface area (Å²) in [6, 6.07) is 13.8. The molecule has 27 heavy (non-hydrogen) atoms. The van der Waals surface area contributed by atoms with Crippen molar-refractivity contribution >= 4 is 16.8 Å². The van der Waals surface area contributed by atoms with Crippen LogP contribution >= 0.6 is 0 Å². The Kier molecular flexibility index (Phi) is 4.86.